The zero-order chi connectivity index (χ0) is 12.6. The maximum atomic E-state index is 10.2. The van der Waals surface area contributed by atoms with Crippen LogP contribution in [-0.4, -0.2) is 22.2 Å². The summed E-state index contributed by atoms with van der Waals surface area (Å²) in [6.07, 6.45) is 7.67. The van der Waals surface area contributed by atoms with Gasteiger partial charge in [-0.15, -0.1) is 11.3 Å². The van der Waals surface area contributed by atoms with Crippen molar-refractivity contribution in [3.05, 3.63) is 15.6 Å². The number of nitrogens with one attached hydrogen (secondary N) is 1. The van der Waals surface area contributed by atoms with E-state index in [1.54, 1.807) is 0 Å². The minimum atomic E-state index is -0.421. The second-order valence-corrected chi connectivity index (χ2v) is 6.79. The van der Waals surface area contributed by atoms with Gasteiger partial charge in [-0.1, -0.05) is 6.92 Å². The van der Waals surface area contributed by atoms with Crippen molar-refractivity contribution >= 4 is 11.3 Å². The standard InChI is InChI=1S/C14H22N2OS/c1-2-12-16-11-6-3-5-10(13(11)18-12)15-9-14(17)7-4-8-14/h10,15,17H,2-9H2,1H3. The molecule has 0 amide bonds. The van der Waals surface area contributed by atoms with Crippen LogP contribution in [0.25, 0.3) is 0 Å². The van der Waals surface area contributed by atoms with Gasteiger partial charge in [0.15, 0.2) is 0 Å². The molecule has 18 heavy (non-hydrogen) atoms. The predicted octanol–water partition coefficient (Wildman–Crippen LogP) is 2.59. The molecule has 1 heterocycles. The second kappa shape index (κ2) is 4.91. The number of nitrogens with zero attached hydrogens (tertiary/aromatic N) is 1. The number of hydrogen-bond donors (Lipinski definition) is 2. The van der Waals surface area contributed by atoms with E-state index in [0.717, 1.165) is 32.2 Å². The third kappa shape index (κ3) is 2.33. The van der Waals surface area contributed by atoms with Crippen LogP contribution < -0.4 is 5.32 Å². The minimum Gasteiger partial charge on any atom is -0.389 e. The van der Waals surface area contributed by atoms with E-state index in [2.05, 4.69) is 12.2 Å². The Kier molecular flexibility index (Phi) is 3.43. The van der Waals surface area contributed by atoms with Crippen molar-refractivity contribution in [2.45, 2.75) is 63.5 Å². The van der Waals surface area contributed by atoms with E-state index in [0.29, 0.717) is 6.04 Å². The molecule has 100 valence electrons. The molecule has 1 aromatic heterocycles. The average molecular weight is 266 g/mol. The summed E-state index contributed by atoms with van der Waals surface area (Å²) in [6.45, 7) is 2.92. The summed E-state index contributed by atoms with van der Waals surface area (Å²) < 4.78 is 0. The third-order valence-corrected chi connectivity index (χ3v) is 5.61. The monoisotopic (exact) mass is 266 g/mol. The van der Waals surface area contributed by atoms with E-state index in [1.165, 1.54) is 34.8 Å². The van der Waals surface area contributed by atoms with E-state index in [-0.39, 0.29) is 0 Å². The smallest absolute Gasteiger partial charge is 0.0928 e. The lowest BCUT2D eigenvalue weighted by Gasteiger charge is -2.38. The second-order valence-electron chi connectivity index (χ2n) is 5.68. The molecule has 0 saturated heterocycles. The first-order valence-electron chi connectivity index (χ1n) is 7.14. The molecule has 0 aromatic carbocycles. The molecule has 0 spiro atoms. The number of aryl methyl sites for hydroxylation is 2. The molecule has 0 radical (unpaired) electrons. The fraction of sp³-hybridized carbons (Fsp3) is 0.786. The molecule has 0 bridgehead atoms. The molecule has 1 fully saturated rings. The molecule has 2 N–H and O–H groups in total. The van der Waals surface area contributed by atoms with Gasteiger partial charge in [0.2, 0.25) is 0 Å². The van der Waals surface area contributed by atoms with Crippen LogP contribution in [-0.2, 0) is 12.8 Å². The number of thiazole rings is 1. The molecule has 0 aliphatic heterocycles. The number of fused-ring (bicyclic) bond motifs is 1. The molecule has 1 unspecified atom stereocenters. The van der Waals surface area contributed by atoms with Crippen molar-refractivity contribution < 1.29 is 5.11 Å². The van der Waals surface area contributed by atoms with Gasteiger partial charge in [-0.3, -0.25) is 0 Å². The Morgan fingerprint density at radius 2 is 2.28 bits per heavy atom. The fourth-order valence-corrected chi connectivity index (χ4v) is 4.05. The van der Waals surface area contributed by atoms with Crippen LogP contribution in [0.4, 0.5) is 0 Å². The quantitative estimate of drug-likeness (QED) is 0.880. The van der Waals surface area contributed by atoms with Gasteiger partial charge in [-0.05, 0) is 44.9 Å². The van der Waals surface area contributed by atoms with E-state index in [9.17, 15) is 5.11 Å². The van der Waals surface area contributed by atoms with Crippen LogP contribution in [0.1, 0.15) is 60.6 Å². The van der Waals surface area contributed by atoms with Gasteiger partial charge >= 0.3 is 0 Å². The fourth-order valence-electron chi connectivity index (χ4n) is 2.89. The topological polar surface area (TPSA) is 45.2 Å². The Hall–Kier alpha value is -0.450. The van der Waals surface area contributed by atoms with E-state index in [1.807, 2.05) is 11.3 Å². The van der Waals surface area contributed by atoms with Gasteiger partial charge < -0.3 is 10.4 Å². The van der Waals surface area contributed by atoms with Crippen LogP contribution in [0, 0.1) is 0 Å². The van der Waals surface area contributed by atoms with E-state index >= 15 is 0 Å². The summed E-state index contributed by atoms with van der Waals surface area (Å²) in [7, 11) is 0. The Morgan fingerprint density at radius 3 is 2.94 bits per heavy atom. The molecule has 3 nitrogen and oxygen atoms in total. The molecule has 4 heteroatoms. The van der Waals surface area contributed by atoms with E-state index in [4.69, 9.17) is 4.98 Å². The highest BCUT2D eigenvalue weighted by Gasteiger charge is 2.35. The van der Waals surface area contributed by atoms with Crippen molar-refractivity contribution in [3.63, 3.8) is 0 Å². The molecule has 1 saturated carbocycles. The van der Waals surface area contributed by atoms with Gasteiger partial charge in [0.05, 0.1) is 16.3 Å². The molecule has 1 aromatic rings. The van der Waals surface area contributed by atoms with Crippen LogP contribution >= 0.6 is 11.3 Å². The lowest BCUT2D eigenvalue weighted by Crippen LogP contribution is -2.47. The van der Waals surface area contributed by atoms with Crippen LogP contribution in [0.5, 0.6) is 0 Å². The molecule has 2 aliphatic rings. The van der Waals surface area contributed by atoms with E-state index < -0.39 is 5.60 Å². The zero-order valence-corrected chi connectivity index (χ0v) is 11.9. The number of aromatic nitrogens is 1. The average Bonchev–Trinajstić information content (AvgIpc) is 2.77. The van der Waals surface area contributed by atoms with Crippen molar-refractivity contribution in [1.29, 1.82) is 0 Å². The van der Waals surface area contributed by atoms with Crippen molar-refractivity contribution in [2.24, 2.45) is 0 Å². The molecule has 3 rings (SSSR count). The lowest BCUT2D eigenvalue weighted by atomic mass is 9.80. The SMILES string of the molecule is CCc1nc2c(s1)C(NCC1(O)CCC1)CCC2. The largest absolute Gasteiger partial charge is 0.389 e. The molecular formula is C14H22N2OS. The van der Waals surface area contributed by atoms with Crippen LogP contribution in [0.3, 0.4) is 0 Å². The highest BCUT2D eigenvalue weighted by molar-refractivity contribution is 7.11. The number of rotatable bonds is 4. The van der Waals surface area contributed by atoms with Crippen molar-refractivity contribution in [2.75, 3.05) is 6.54 Å². The highest BCUT2D eigenvalue weighted by Crippen LogP contribution is 2.36. The van der Waals surface area contributed by atoms with Gasteiger partial charge in [-0.25, -0.2) is 4.98 Å². The first-order valence-corrected chi connectivity index (χ1v) is 7.96. The maximum Gasteiger partial charge on any atom is 0.0928 e. The van der Waals surface area contributed by atoms with Crippen LogP contribution in [0.15, 0.2) is 0 Å². The van der Waals surface area contributed by atoms with Gasteiger partial charge in [-0.2, -0.15) is 0 Å². The minimum absolute atomic E-state index is 0.421. The first kappa shape index (κ1) is 12.6. The Balaban J connectivity index is 1.68. The summed E-state index contributed by atoms with van der Waals surface area (Å²) in [5.41, 5.74) is 0.886. The number of aliphatic hydroxyl groups is 1. The maximum absolute atomic E-state index is 10.2. The summed E-state index contributed by atoms with van der Waals surface area (Å²) in [5.74, 6) is 0. The summed E-state index contributed by atoms with van der Waals surface area (Å²) in [4.78, 5) is 6.15. The normalized spacial score (nSPS) is 25.6. The van der Waals surface area contributed by atoms with Crippen LogP contribution in [0.2, 0.25) is 0 Å². The predicted molar refractivity (Wildman–Crippen MR) is 74.0 cm³/mol. The highest BCUT2D eigenvalue weighted by atomic mass is 32.1. The van der Waals surface area contributed by atoms with Crippen molar-refractivity contribution in [3.8, 4) is 0 Å². The lowest BCUT2D eigenvalue weighted by molar-refractivity contribution is -0.0335. The Morgan fingerprint density at radius 1 is 1.44 bits per heavy atom. The summed E-state index contributed by atoms with van der Waals surface area (Å²) in [6, 6.07) is 0.427. The Labute approximate surface area is 113 Å². The summed E-state index contributed by atoms with van der Waals surface area (Å²) >= 11 is 1.86. The van der Waals surface area contributed by atoms with Gasteiger partial charge in [0.1, 0.15) is 0 Å². The third-order valence-electron chi connectivity index (χ3n) is 4.26. The molecule has 2 aliphatic carbocycles. The Bertz CT molecular complexity index is 425. The first-order chi connectivity index (χ1) is 8.70. The molecule has 1 atom stereocenters. The number of hydrogen-bond acceptors (Lipinski definition) is 4. The summed E-state index contributed by atoms with van der Waals surface area (Å²) in [5, 5.41) is 15.0. The zero-order valence-electron chi connectivity index (χ0n) is 11.0. The van der Waals surface area contributed by atoms with Gasteiger partial charge in [0, 0.05) is 17.5 Å². The van der Waals surface area contributed by atoms with Gasteiger partial charge in [0.25, 0.3) is 0 Å². The van der Waals surface area contributed by atoms with Crippen molar-refractivity contribution in [1.82, 2.24) is 10.3 Å². The molecular weight excluding hydrogens is 244 g/mol.